The van der Waals surface area contributed by atoms with E-state index in [-0.39, 0.29) is 0 Å². The molecule has 0 radical (unpaired) electrons. The second-order valence-corrected chi connectivity index (χ2v) is 4.89. The van der Waals surface area contributed by atoms with Gasteiger partial charge in [-0.3, -0.25) is 0 Å². The first kappa shape index (κ1) is 13.2. The molecule has 3 rings (SSSR count). The van der Waals surface area contributed by atoms with Gasteiger partial charge in [0.25, 0.3) is 0 Å². The molecule has 3 aromatic rings. The van der Waals surface area contributed by atoms with Crippen LogP contribution in [0.4, 0.5) is 4.79 Å². The highest BCUT2D eigenvalue weighted by Gasteiger charge is 2.05. The quantitative estimate of drug-likeness (QED) is 0.796. The molecule has 0 saturated heterocycles. The molecule has 0 spiro atoms. The number of hydrogen-bond donors (Lipinski definition) is 1. The number of nitrogens with zero attached hydrogens (tertiary/aromatic N) is 1. The van der Waals surface area contributed by atoms with Crippen LogP contribution in [0.1, 0.15) is 5.56 Å². The van der Waals surface area contributed by atoms with Gasteiger partial charge in [-0.15, -0.1) is 0 Å². The van der Waals surface area contributed by atoms with E-state index < -0.39 is 6.09 Å². The molecule has 21 heavy (non-hydrogen) atoms. The smallest absolute Gasteiger partial charge is 0.409 e. The molecule has 0 aliphatic rings. The zero-order valence-corrected chi connectivity index (χ0v) is 11.5. The Kier molecular flexibility index (Phi) is 3.60. The first-order valence-electron chi connectivity index (χ1n) is 6.82. The van der Waals surface area contributed by atoms with Crippen molar-refractivity contribution in [2.45, 2.75) is 13.0 Å². The van der Waals surface area contributed by atoms with Crippen LogP contribution >= 0.6 is 0 Å². The second kappa shape index (κ2) is 5.71. The SMILES string of the molecule is NC(=O)Oc1ccc2c(ccn2CCc2ccccc2)c1. The van der Waals surface area contributed by atoms with Gasteiger partial charge in [-0.25, -0.2) is 4.79 Å². The molecular weight excluding hydrogens is 264 g/mol. The van der Waals surface area contributed by atoms with Crippen LogP contribution in [0.2, 0.25) is 0 Å². The van der Waals surface area contributed by atoms with Gasteiger partial charge in [0.1, 0.15) is 5.75 Å². The molecule has 0 saturated carbocycles. The van der Waals surface area contributed by atoms with Crippen molar-refractivity contribution in [1.29, 1.82) is 0 Å². The molecule has 4 nitrogen and oxygen atoms in total. The zero-order valence-electron chi connectivity index (χ0n) is 11.5. The number of hydrogen-bond acceptors (Lipinski definition) is 2. The van der Waals surface area contributed by atoms with Gasteiger partial charge in [0.05, 0.1) is 0 Å². The summed E-state index contributed by atoms with van der Waals surface area (Å²) < 4.78 is 7.08. The van der Waals surface area contributed by atoms with Crippen molar-refractivity contribution in [3.63, 3.8) is 0 Å². The summed E-state index contributed by atoms with van der Waals surface area (Å²) in [6.45, 7) is 0.906. The molecule has 1 heterocycles. The van der Waals surface area contributed by atoms with Crippen LogP contribution in [0.3, 0.4) is 0 Å². The van der Waals surface area contributed by atoms with Crippen molar-refractivity contribution in [2.24, 2.45) is 5.73 Å². The zero-order chi connectivity index (χ0) is 14.7. The Morgan fingerprint density at radius 1 is 1.10 bits per heavy atom. The average molecular weight is 280 g/mol. The fourth-order valence-electron chi connectivity index (χ4n) is 2.45. The number of amides is 1. The number of aryl methyl sites for hydroxylation is 2. The number of primary amides is 1. The number of aromatic nitrogens is 1. The highest BCUT2D eigenvalue weighted by atomic mass is 16.5. The summed E-state index contributed by atoms with van der Waals surface area (Å²) >= 11 is 0. The van der Waals surface area contributed by atoms with Gasteiger partial charge in [0.2, 0.25) is 0 Å². The summed E-state index contributed by atoms with van der Waals surface area (Å²) in [6, 6.07) is 17.9. The summed E-state index contributed by atoms with van der Waals surface area (Å²) in [4.78, 5) is 10.8. The van der Waals surface area contributed by atoms with Gasteiger partial charge in [0, 0.05) is 23.6 Å². The van der Waals surface area contributed by atoms with Crippen molar-refractivity contribution in [1.82, 2.24) is 4.57 Å². The molecule has 1 amide bonds. The summed E-state index contributed by atoms with van der Waals surface area (Å²) in [5.74, 6) is 0.468. The molecular formula is C17H16N2O2. The van der Waals surface area contributed by atoms with E-state index in [1.54, 1.807) is 6.07 Å². The molecule has 0 aliphatic heterocycles. The minimum absolute atomic E-state index is 0.468. The number of carbonyl (C=O) groups excluding carboxylic acids is 1. The Hall–Kier alpha value is -2.75. The minimum Gasteiger partial charge on any atom is -0.410 e. The van der Waals surface area contributed by atoms with Crippen LogP contribution in [0.5, 0.6) is 5.75 Å². The molecule has 1 aromatic heterocycles. The fourth-order valence-corrected chi connectivity index (χ4v) is 2.45. The third-order valence-corrected chi connectivity index (χ3v) is 3.45. The van der Waals surface area contributed by atoms with Gasteiger partial charge < -0.3 is 15.0 Å². The minimum atomic E-state index is -0.794. The average Bonchev–Trinajstić information content (AvgIpc) is 2.88. The van der Waals surface area contributed by atoms with E-state index in [1.165, 1.54) is 5.56 Å². The Morgan fingerprint density at radius 2 is 1.90 bits per heavy atom. The first-order valence-corrected chi connectivity index (χ1v) is 6.82. The van der Waals surface area contributed by atoms with Crippen LogP contribution in [-0.2, 0) is 13.0 Å². The van der Waals surface area contributed by atoms with E-state index in [9.17, 15) is 4.79 Å². The molecule has 0 aliphatic carbocycles. The molecule has 2 aromatic carbocycles. The van der Waals surface area contributed by atoms with Crippen molar-refractivity contribution in [3.05, 3.63) is 66.4 Å². The number of carbonyl (C=O) groups is 1. The Morgan fingerprint density at radius 3 is 2.67 bits per heavy atom. The molecule has 4 heteroatoms. The molecule has 0 atom stereocenters. The lowest BCUT2D eigenvalue weighted by atomic mass is 10.1. The van der Waals surface area contributed by atoms with Gasteiger partial charge in [-0.2, -0.15) is 0 Å². The summed E-state index contributed by atoms with van der Waals surface area (Å²) in [6.07, 6.45) is 2.23. The Bertz CT molecular complexity index is 763. The van der Waals surface area contributed by atoms with E-state index in [1.807, 2.05) is 30.5 Å². The van der Waals surface area contributed by atoms with E-state index in [4.69, 9.17) is 10.5 Å². The van der Waals surface area contributed by atoms with E-state index >= 15 is 0 Å². The maximum atomic E-state index is 10.8. The fraction of sp³-hybridized carbons (Fsp3) is 0.118. The van der Waals surface area contributed by atoms with Gasteiger partial charge in [-0.1, -0.05) is 30.3 Å². The van der Waals surface area contributed by atoms with Crippen LogP contribution in [0.25, 0.3) is 10.9 Å². The summed E-state index contributed by atoms with van der Waals surface area (Å²) in [5.41, 5.74) is 7.45. The molecule has 0 bridgehead atoms. The number of nitrogens with two attached hydrogens (primary N) is 1. The van der Waals surface area contributed by atoms with Crippen molar-refractivity contribution >= 4 is 17.0 Å². The standard InChI is InChI=1S/C17H16N2O2/c18-17(20)21-15-6-7-16-14(12-15)9-11-19(16)10-8-13-4-2-1-3-5-13/h1-7,9,11-12H,8,10H2,(H2,18,20). The van der Waals surface area contributed by atoms with Gasteiger partial charge in [0.15, 0.2) is 0 Å². The van der Waals surface area contributed by atoms with Crippen LogP contribution < -0.4 is 10.5 Å². The van der Waals surface area contributed by atoms with Gasteiger partial charge >= 0.3 is 6.09 Å². The largest absolute Gasteiger partial charge is 0.410 e. The van der Waals surface area contributed by atoms with Crippen molar-refractivity contribution in [3.8, 4) is 5.75 Å². The Balaban J connectivity index is 1.79. The number of ether oxygens (including phenoxy) is 1. The molecule has 2 N–H and O–H groups in total. The maximum Gasteiger partial charge on any atom is 0.409 e. The lowest BCUT2D eigenvalue weighted by molar-refractivity contribution is 0.211. The highest BCUT2D eigenvalue weighted by molar-refractivity contribution is 5.82. The predicted molar refractivity (Wildman–Crippen MR) is 82.3 cm³/mol. The van der Waals surface area contributed by atoms with E-state index in [0.29, 0.717) is 5.75 Å². The van der Waals surface area contributed by atoms with Crippen LogP contribution in [0.15, 0.2) is 60.8 Å². The number of rotatable bonds is 4. The molecule has 106 valence electrons. The maximum absolute atomic E-state index is 10.8. The summed E-state index contributed by atoms with van der Waals surface area (Å²) in [5, 5.41) is 1.03. The summed E-state index contributed by atoms with van der Waals surface area (Å²) in [7, 11) is 0. The third-order valence-electron chi connectivity index (χ3n) is 3.45. The Labute approximate surface area is 122 Å². The van der Waals surface area contributed by atoms with Crippen LogP contribution in [-0.4, -0.2) is 10.7 Å². The second-order valence-electron chi connectivity index (χ2n) is 4.89. The lowest BCUT2D eigenvalue weighted by Crippen LogP contribution is -2.16. The normalized spacial score (nSPS) is 10.7. The van der Waals surface area contributed by atoms with Crippen molar-refractivity contribution < 1.29 is 9.53 Å². The lowest BCUT2D eigenvalue weighted by Gasteiger charge is -2.06. The van der Waals surface area contributed by atoms with Crippen molar-refractivity contribution in [2.75, 3.05) is 0 Å². The topological polar surface area (TPSA) is 57.3 Å². The van der Waals surface area contributed by atoms with E-state index in [2.05, 4.69) is 28.8 Å². The van der Waals surface area contributed by atoms with E-state index in [0.717, 1.165) is 23.9 Å². The highest BCUT2D eigenvalue weighted by Crippen LogP contribution is 2.22. The number of fused-ring (bicyclic) bond motifs is 1. The predicted octanol–water partition coefficient (Wildman–Crippen LogP) is 3.34. The number of benzene rings is 2. The van der Waals surface area contributed by atoms with Crippen LogP contribution in [0, 0.1) is 0 Å². The monoisotopic (exact) mass is 280 g/mol. The third kappa shape index (κ3) is 3.05. The molecule has 0 unspecified atom stereocenters. The molecule has 0 fully saturated rings. The van der Waals surface area contributed by atoms with Gasteiger partial charge in [-0.05, 0) is 36.2 Å². The first-order chi connectivity index (χ1) is 10.2.